The first-order valence-corrected chi connectivity index (χ1v) is 9.15. The molecule has 1 aliphatic rings. The smallest absolute Gasteiger partial charge is 0.251 e. The zero-order chi connectivity index (χ0) is 19.4. The summed E-state index contributed by atoms with van der Waals surface area (Å²) in [6.45, 7) is 5.20. The molecule has 1 amide bonds. The molecule has 146 valence electrons. The van der Waals surface area contributed by atoms with Crippen molar-refractivity contribution in [2.45, 2.75) is 39.0 Å². The molecule has 7 heteroatoms. The molecule has 0 aliphatic carbocycles. The first-order valence-electron chi connectivity index (χ1n) is 9.15. The Hall–Kier alpha value is -2.38. The Morgan fingerprint density at radius 3 is 2.89 bits per heavy atom. The zero-order valence-corrected chi connectivity index (χ0v) is 16.3. The maximum atomic E-state index is 12.7. The summed E-state index contributed by atoms with van der Waals surface area (Å²) in [5.41, 5.74) is 3.40. The fraction of sp³-hybridized carbons (Fsp3) is 0.500. The molecule has 0 unspecified atom stereocenters. The Balaban J connectivity index is 1.65. The number of aryl methyl sites for hydroxylation is 2. The minimum absolute atomic E-state index is 0.100. The molecule has 0 spiro atoms. The molecule has 27 heavy (non-hydrogen) atoms. The summed E-state index contributed by atoms with van der Waals surface area (Å²) >= 11 is 0. The van der Waals surface area contributed by atoms with Crippen molar-refractivity contribution in [3.05, 3.63) is 46.8 Å². The lowest BCUT2D eigenvalue weighted by Crippen LogP contribution is -2.50. The van der Waals surface area contributed by atoms with Crippen molar-refractivity contribution >= 4 is 11.6 Å². The molecular formula is C20H27N3O4. The van der Waals surface area contributed by atoms with Gasteiger partial charge in [-0.25, -0.2) is 0 Å². The van der Waals surface area contributed by atoms with Gasteiger partial charge in [0.2, 0.25) is 0 Å². The summed E-state index contributed by atoms with van der Waals surface area (Å²) in [7, 11) is 3.90. The van der Waals surface area contributed by atoms with Crippen LogP contribution in [0.5, 0.6) is 0 Å². The topological polar surface area (TPSA) is 76.8 Å². The van der Waals surface area contributed by atoms with Gasteiger partial charge >= 0.3 is 0 Å². The Labute approximate surface area is 159 Å². The number of carbonyl (C=O) groups excluding carboxylic acids is 1. The van der Waals surface area contributed by atoms with Crippen LogP contribution in [0.2, 0.25) is 0 Å². The third-order valence-corrected chi connectivity index (χ3v) is 4.87. The number of amides is 1. The summed E-state index contributed by atoms with van der Waals surface area (Å²) in [4.78, 5) is 14.7. The molecule has 2 aromatic rings. The Bertz CT molecular complexity index is 768. The van der Waals surface area contributed by atoms with Gasteiger partial charge in [-0.15, -0.1) is 0 Å². The van der Waals surface area contributed by atoms with E-state index in [1.807, 2.05) is 57.1 Å². The zero-order valence-electron chi connectivity index (χ0n) is 16.3. The van der Waals surface area contributed by atoms with Gasteiger partial charge in [0.15, 0.2) is 0 Å². The van der Waals surface area contributed by atoms with Crippen LogP contribution >= 0.6 is 0 Å². The van der Waals surface area contributed by atoms with Crippen molar-refractivity contribution in [2.75, 3.05) is 32.2 Å². The summed E-state index contributed by atoms with van der Waals surface area (Å²) < 4.78 is 16.8. The molecule has 2 atom stereocenters. The van der Waals surface area contributed by atoms with E-state index in [-0.39, 0.29) is 18.1 Å². The summed E-state index contributed by atoms with van der Waals surface area (Å²) in [6, 6.07) is 7.46. The van der Waals surface area contributed by atoms with Gasteiger partial charge in [0.05, 0.1) is 24.9 Å². The minimum atomic E-state index is -0.214. The highest BCUT2D eigenvalue weighted by molar-refractivity contribution is 5.95. The van der Waals surface area contributed by atoms with Gasteiger partial charge < -0.3 is 24.2 Å². The summed E-state index contributed by atoms with van der Waals surface area (Å²) in [6.07, 6.45) is 0.499. The second kappa shape index (κ2) is 8.54. The molecule has 1 fully saturated rings. The van der Waals surface area contributed by atoms with Gasteiger partial charge in [-0.3, -0.25) is 4.79 Å². The number of benzene rings is 1. The van der Waals surface area contributed by atoms with Crippen LogP contribution in [-0.4, -0.2) is 50.5 Å². The largest absolute Gasteiger partial charge is 0.379 e. The van der Waals surface area contributed by atoms with Crippen molar-refractivity contribution < 1.29 is 18.8 Å². The fourth-order valence-corrected chi connectivity index (χ4v) is 3.12. The number of carbonyl (C=O) groups is 1. The molecule has 1 saturated heterocycles. The van der Waals surface area contributed by atoms with Crippen LogP contribution in [0.15, 0.2) is 28.8 Å². The van der Waals surface area contributed by atoms with E-state index >= 15 is 0 Å². The van der Waals surface area contributed by atoms with Crippen LogP contribution in [0.25, 0.3) is 0 Å². The Morgan fingerprint density at radius 1 is 1.37 bits per heavy atom. The molecule has 0 radical (unpaired) electrons. The SMILES string of the molecule is Cc1noc(C)c1CO[C@@H]1COCC[C@H]1NC(=O)c1cccc(N(C)C)c1. The number of aromatic nitrogens is 1. The number of anilines is 1. The van der Waals surface area contributed by atoms with E-state index in [1.54, 1.807) is 0 Å². The van der Waals surface area contributed by atoms with Crippen LogP contribution in [0, 0.1) is 13.8 Å². The highest BCUT2D eigenvalue weighted by atomic mass is 16.5. The molecule has 3 rings (SSSR count). The summed E-state index contributed by atoms with van der Waals surface area (Å²) in [5, 5.41) is 7.06. The molecule has 2 heterocycles. The number of hydrogen-bond donors (Lipinski definition) is 1. The molecule has 0 saturated carbocycles. The average molecular weight is 373 g/mol. The monoisotopic (exact) mass is 373 g/mol. The fourth-order valence-electron chi connectivity index (χ4n) is 3.12. The van der Waals surface area contributed by atoms with Crippen LogP contribution < -0.4 is 10.2 Å². The van der Waals surface area contributed by atoms with E-state index in [1.165, 1.54) is 0 Å². The number of nitrogens with one attached hydrogen (secondary N) is 1. The quantitative estimate of drug-likeness (QED) is 0.838. The van der Waals surface area contributed by atoms with E-state index in [0.717, 1.165) is 22.7 Å². The molecule has 0 bridgehead atoms. The predicted molar refractivity (Wildman–Crippen MR) is 102 cm³/mol. The molecule has 1 N–H and O–H groups in total. The number of rotatable bonds is 6. The second-order valence-corrected chi connectivity index (χ2v) is 7.04. The van der Waals surface area contributed by atoms with E-state index in [9.17, 15) is 4.79 Å². The molecule has 1 aromatic carbocycles. The standard InChI is InChI=1S/C20H27N3O4/c1-13-17(14(2)27-22-13)11-26-19-12-25-9-8-18(19)21-20(24)15-6-5-7-16(10-15)23(3)4/h5-7,10,18-19H,8-9,11-12H2,1-4H3,(H,21,24)/t18-,19-/m1/s1. The highest BCUT2D eigenvalue weighted by Crippen LogP contribution is 2.19. The summed E-state index contributed by atoms with van der Waals surface area (Å²) in [5.74, 6) is 0.654. The third-order valence-electron chi connectivity index (χ3n) is 4.87. The van der Waals surface area contributed by atoms with E-state index in [4.69, 9.17) is 14.0 Å². The lowest BCUT2D eigenvalue weighted by atomic mass is 10.0. The maximum Gasteiger partial charge on any atom is 0.251 e. The third kappa shape index (κ3) is 4.67. The second-order valence-electron chi connectivity index (χ2n) is 7.04. The van der Waals surface area contributed by atoms with E-state index < -0.39 is 0 Å². The first kappa shape index (κ1) is 19.4. The number of ether oxygens (including phenoxy) is 2. The van der Waals surface area contributed by atoms with Gasteiger partial charge in [0, 0.05) is 37.5 Å². The van der Waals surface area contributed by atoms with Crippen LogP contribution in [0.3, 0.4) is 0 Å². The molecular weight excluding hydrogens is 346 g/mol. The van der Waals surface area contributed by atoms with E-state index in [0.29, 0.717) is 31.8 Å². The Kier molecular flexibility index (Phi) is 6.13. The van der Waals surface area contributed by atoms with Crippen LogP contribution in [0.4, 0.5) is 5.69 Å². The van der Waals surface area contributed by atoms with Crippen LogP contribution in [-0.2, 0) is 16.1 Å². The van der Waals surface area contributed by atoms with Crippen molar-refractivity contribution in [1.82, 2.24) is 10.5 Å². The van der Waals surface area contributed by atoms with E-state index in [2.05, 4.69) is 10.5 Å². The molecule has 7 nitrogen and oxygen atoms in total. The molecule has 1 aliphatic heterocycles. The first-order chi connectivity index (χ1) is 13.0. The predicted octanol–water partition coefficient (Wildman–Crippen LogP) is 2.46. The number of hydrogen-bond acceptors (Lipinski definition) is 6. The van der Waals surface area contributed by atoms with Crippen molar-refractivity contribution in [2.24, 2.45) is 0 Å². The molecule has 1 aromatic heterocycles. The lowest BCUT2D eigenvalue weighted by Gasteiger charge is -2.32. The Morgan fingerprint density at radius 2 is 2.19 bits per heavy atom. The van der Waals surface area contributed by atoms with Gasteiger partial charge in [0.25, 0.3) is 5.91 Å². The van der Waals surface area contributed by atoms with Gasteiger partial charge in [-0.2, -0.15) is 0 Å². The highest BCUT2D eigenvalue weighted by Gasteiger charge is 2.29. The van der Waals surface area contributed by atoms with Crippen molar-refractivity contribution in [3.8, 4) is 0 Å². The normalized spacial score (nSPS) is 19.7. The maximum absolute atomic E-state index is 12.7. The average Bonchev–Trinajstić information content (AvgIpc) is 2.99. The van der Waals surface area contributed by atoms with Crippen molar-refractivity contribution in [1.29, 1.82) is 0 Å². The number of nitrogens with zero attached hydrogens (tertiary/aromatic N) is 2. The minimum Gasteiger partial charge on any atom is -0.379 e. The van der Waals surface area contributed by atoms with Gasteiger partial charge in [-0.1, -0.05) is 11.2 Å². The van der Waals surface area contributed by atoms with Crippen molar-refractivity contribution in [3.63, 3.8) is 0 Å². The van der Waals surface area contributed by atoms with Crippen LogP contribution in [0.1, 0.15) is 33.8 Å². The lowest BCUT2D eigenvalue weighted by molar-refractivity contribution is -0.0739. The van der Waals surface area contributed by atoms with Gasteiger partial charge in [0.1, 0.15) is 11.9 Å². The van der Waals surface area contributed by atoms with Gasteiger partial charge in [-0.05, 0) is 38.5 Å².